The summed E-state index contributed by atoms with van der Waals surface area (Å²) >= 11 is 0. The lowest BCUT2D eigenvalue weighted by atomic mass is 9.88. The lowest BCUT2D eigenvalue weighted by Crippen LogP contribution is -2.46. The molecule has 124 valence electrons. The molecule has 0 aromatic heterocycles. The number of likely N-dealkylation sites (tertiary alicyclic amines) is 3. The second-order valence-corrected chi connectivity index (χ2v) is 6.79. The van der Waals surface area contributed by atoms with Crippen molar-refractivity contribution in [3.63, 3.8) is 0 Å². The lowest BCUT2D eigenvalue weighted by Gasteiger charge is -2.36. The maximum atomic E-state index is 12.3. The zero-order chi connectivity index (χ0) is 15.7. The number of fused-ring (bicyclic) bond motifs is 1. The van der Waals surface area contributed by atoms with Gasteiger partial charge in [-0.1, -0.05) is 0 Å². The highest BCUT2D eigenvalue weighted by Gasteiger charge is 2.44. The zero-order valence-electron chi connectivity index (χ0n) is 13.7. The van der Waals surface area contributed by atoms with Crippen LogP contribution in [0, 0.1) is 11.8 Å². The van der Waals surface area contributed by atoms with E-state index >= 15 is 0 Å². The molecule has 0 saturated carbocycles. The van der Waals surface area contributed by atoms with Crippen LogP contribution in [0.1, 0.15) is 26.2 Å². The van der Waals surface area contributed by atoms with Crippen LogP contribution >= 0.6 is 0 Å². The number of carbonyl (C=O) groups is 2. The molecule has 2 amide bonds. The van der Waals surface area contributed by atoms with E-state index in [-0.39, 0.29) is 12.0 Å². The molecule has 3 rings (SSSR count). The van der Waals surface area contributed by atoms with Crippen LogP contribution in [0.5, 0.6) is 0 Å². The van der Waals surface area contributed by atoms with Gasteiger partial charge in [-0.15, -0.1) is 0 Å². The van der Waals surface area contributed by atoms with E-state index < -0.39 is 0 Å². The highest BCUT2D eigenvalue weighted by Crippen LogP contribution is 2.34. The highest BCUT2D eigenvalue weighted by molar-refractivity contribution is 5.80. The van der Waals surface area contributed by atoms with Crippen molar-refractivity contribution in [2.45, 2.75) is 32.2 Å². The molecule has 0 bridgehead atoms. The van der Waals surface area contributed by atoms with Crippen LogP contribution in [0.3, 0.4) is 0 Å². The summed E-state index contributed by atoms with van der Waals surface area (Å²) in [5.74, 6) is 1.05. The smallest absolute Gasteiger partial charge is 0.409 e. The third-order valence-corrected chi connectivity index (χ3v) is 5.50. The van der Waals surface area contributed by atoms with Crippen molar-refractivity contribution in [2.75, 3.05) is 46.4 Å². The average molecular weight is 309 g/mol. The van der Waals surface area contributed by atoms with Crippen LogP contribution < -0.4 is 0 Å². The van der Waals surface area contributed by atoms with Crippen LogP contribution in [-0.2, 0) is 9.53 Å². The van der Waals surface area contributed by atoms with Crippen LogP contribution in [-0.4, -0.2) is 79.1 Å². The van der Waals surface area contributed by atoms with E-state index in [1.807, 2.05) is 23.8 Å². The quantitative estimate of drug-likeness (QED) is 0.764. The fourth-order valence-electron chi connectivity index (χ4n) is 4.16. The molecule has 3 aliphatic heterocycles. The SMILES string of the molecule is CCOC(=O)N1CCC(N2C[C@H]3CCN(C)C(=O)[C@H]3C2)CC1. The van der Waals surface area contributed by atoms with Crippen molar-refractivity contribution in [1.29, 1.82) is 0 Å². The zero-order valence-corrected chi connectivity index (χ0v) is 13.7. The monoisotopic (exact) mass is 309 g/mol. The van der Waals surface area contributed by atoms with Gasteiger partial charge in [0.2, 0.25) is 5.91 Å². The Balaban J connectivity index is 1.52. The van der Waals surface area contributed by atoms with Gasteiger partial charge in [0.05, 0.1) is 12.5 Å². The Bertz CT molecular complexity index is 434. The van der Waals surface area contributed by atoms with Gasteiger partial charge >= 0.3 is 6.09 Å². The standard InChI is InChI=1S/C16H27N3O3/c1-3-22-16(21)18-8-5-13(6-9-18)19-10-12-4-7-17(2)15(20)14(12)11-19/h12-14H,3-11H2,1-2H3/t12-,14+/m1/s1. The van der Waals surface area contributed by atoms with E-state index in [1.54, 1.807) is 0 Å². The van der Waals surface area contributed by atoms with Gasteiger partial charge < -0.3 is 14.5 Å². The molecular weight excluding hydrogens is 282 g/mol. The summed E-state index contributed by atoms with van der Waals surface area (Å²) in [6, 6.07) is 0.509. The molecule has 0 aromatic rings. The normalized spacial score (nSPS) is 30.5. The maximum absolute atomic E-state index is 12.3. The molecule has 0 spiro atoms. The Morgan fingerprint density at radius 3 is 2.59 bits per heavy atom. The number of hydrogen-bond acceptors (Lipinski definition) is 4. The molecule has 2 atom stereocenters. The number of amides is 2. The third kappa shape index (κ3) is 2.93. The summed E-state index contributed by atoms with van der Waals surface area (Å²) in [5, 5.41) is 0. The second-order valence-electron chi connectivity index (χ2n) is 6.79. The van der Waals surface area contributed by atoms with Crippen molar-refractivity contribution in [1.82, 2.24) is 14.7 Å². The van der Waals surface area contributed by atoms with Crippen LogP contribution in [0.15, 0.2) is 0 Å². The molecule has 3 fully saturated rings. The lowest BCUT2D eigenvalue weighted by molar-refractivity contribution is -0.137. The fraction of sp³-hybridized carbons (Fsp3) is 0.875. The fourth-order valence-corrected chi connectivity index (χ4v) is 4.16. The molecule has 22 heavy (non-hydrogen) atoms. The minimum Gasteiger partial charge on any atom is -0.450 e. The van der Waals surface area contributed by atoms with Crippen molar-refractivity contribution in [3.8, 4) is 0 Å². The minimum absolute atomic E-state index is 0.187. The molecule has 0 N–H and O–H groups in total. The first-order valence-corrected chi connectivity index (χ1v) is 8.51. The van der Waals surface area contributed by atoms with Gasteiger partial charge in [0, 0.05) is 45.8 Å². The summed E-state index contributed by atoms with van der Waals surface area (Å²) in [7, 11) is 1.92. The van der Waals surface area contributed by atoms with Gasteiger partial charge in [-0.2, -0.15) is 0 Å². The van der Waals surface area contributed by atoms with Gasteiger partial charge in [-0.05, 0) is 32.1 Å². The Hall–Kier alpha value is -1.30. The van der Waals surface area contributed by atoms with Gasteiger partial charge in [0.1, 0.15) is 0 Å². The van der Waals surface area contributed by atoms with Crippen LogP contribution in [0.2, 0.25) is 0 Å². The first kappa shape index (κ1) is 15.6. The van der Waals surface area contributed by atoms with E-state index in [0.717, 1.165) is 52.0 Å². The van der Waals surface area contributed by atoms with Gasteiger partial charge in [0.25, 0.3) is 0 Å². The molecule has 0 radical (unpaired) electrons. The molecular formula is C16H27N3O3. The predicted molar refractivity (Wildman–Crippen MR) is 82.4 cm³/mol. The molecule has 0 aliphatic carbocycles. The van der Waals surface area contributed by atoms with E-state index in [9.17, 15) is 9.59 Å². The Morgan fingerprint density at radius 1 is 1.18 bits per heavy atom. The largest absolute Gasteiger partial charge is 0.450 e. The first-order valence-electron chi connectivity index (χ1n) is 8.51. The van der Waals surface area contributed by atoms with Crippen LogP contribution in [0.25, 0.3) is 0 Å². The second kappa shape index (κ2) is 6.44. The Labute approximate surface area is 132 Å². The molecule has 3 aliphatic rings. The Morgan fingerprint density at radius 2 is 1.91 bits per heavy atom. The maximum Gasteiger partial charge on any atom is 0.409 e. The van der Waals surface area contributed by atoms with Gasteiger partial charge in [0.15, 0.2) is 0 Å². The topological polar surface area (TPSA) is 53.1 Å². The summed E-state index contributed by atoms with van der Waals surface area (Å²) in [6.45, 7) is 6.66. The minimum atomic E-state index is -0.187. The summed E-state index contributed by atoms with van der Waals surface area (Å²) in [6.07, 6.45) is 2.92. The molecule has 6 heteroatoms. The molecule has 3 heterocycles. The highest BCUT2D eigenvalue weighted by atomic mass is 16.6. The number of piperidine rings is 2. The molecule has 3 saturated heterocycles. The van der Waals surface area contributed by atoms with Crippen molar-refractivity contribution in [3.05, 3.63) is 0 Å². The van der Waals surface area contributed by atoms with E-state index in [0.29, 0.717) is 24.5 Å². The number of ether oxygens (including phenoxy) is 1. The van der Waals surface area contributed by atoms with E-state index in [1.165, 1.54) is 0 Å². The van der Waals surface area contributed by atoms with E-state index in [2.05, 4.69) is 4.90 Å². The Kier molecular flexibility index (Phi) is 4.57. The molecule has 0 unspecified atom stereocenters. The number of rotatable bonds is 2. The summed E-state index contributed by atoms with van der Waals surface area (Å²) < 4.78 is 5.07. The summed E-state index contributed by atoms with van der Waals surface area (Å²) in [4.78, 5) is 30.2. The number of nitrogens with zero attached hydrogens (tertiary/aromatic N) is 3. The van der Waals surface area contributed by atoms with Crippen molar-refractivity contribution >= 4 is 12.0 Å². The number of hydrogen-bond donors (Lipinski definition) is 0. The average Bonchev–Trinajstić information content (AvgIpc) is 2.96. The van der Waals surface area contributed by atoms with E-state index in [4.69, 9.17) is 4.74 Å². The molecule has 0 aromatic carbocycles. The van der Waals surface area contributed by atoms with Crippen LogP contribution in [0.4, 0.5) is 4.79 Å². The molecule has 6 nitrogen and oxygen atoms in total. The summed E-state index contributed by atoms with van der Waals surface area (Å²) in [5.41, 5.74) is 0. The first-order chi connectivity index (χ1) is 10.6. The van der Waals surface area contributed by atoms with Crippen molar-refractivity contribution in [2.24, 2.45) is 11.8 Å². The third-order valence-electron chi connectivity index (χ3n) is 5.50. The van der Waals surface area contributed by atoms with Crippen molar-refractivity contribution < 1.29 is 14.3 Å². The number of carbonyl (C=O) groups excluding carboxylic acids is 2. The van der Waals surface area contributed by atoms with Gasteiger partial charge in [-0.25, -0.2) is 4.79 Å². The predicted octanol–water partition coefficient (Wildman–Crippen LogP) is 1.02. The van der Waals surface area contributed by atoms with Gasteiger partial charge in [-0.3, -0.25) is 9.69 Å².